The van der Waals surface area contributed by atoms with Crippen LogP contribution in [0.5, 0.6) is 0 Å². The Bertz CT molecular complexity index is 588. The number of rotatable bonds is 3. The Kier molecular flexibility index (Phi) is 4.30. The molecule has 1 nitrogen and oxygen atoms in total. The molecule has 1 saturated carbocycles. The lowest BCUT2D eigenvalue weighted by molar-refractivity contribution is 0.0678. The van der Waals surface area contributed by atoms with Crippen LogP contribution in [0.3, 0.4) is 0 Å². The Labute approximate surface area is 128 Å². The van der Waals surface area contributed by atoms with Gasteiger partial charge in [0.05, 0.1) is 6.10 Å². The van der Waals surface area contributed by atoms with Crippen molar-refractivity contribution in [3.05, 3.63) is 48.0 Å². The van der Waals surface area contributed by atoms with E-state index in [0.717, 1.165) is 30.2 Å². The minimum Gasteiger partial charge on any atom is -0.388 e. The summed E-state index contributed by atoms with van der Waals surface area (Å²) >= 11 is 0. The Morgan fingerprint density at radius 3 is 2.19 bits per heavy atom. The van der Waals surface area contributed by atoms with Gasteiger partial charge in [-0.25, -0.2) is 0 Å². The first-order valence-electron chi connectivity index (χ1n) is 8.32. The minimum atomic E-state index is -0.316. The van der Waals surface area contributed by atoms with Crippen LogP contribution in [-0.4, -0.2) is 5.11 Å². The van der Waals surface area contributed by atoms with E-state index in [4.69, 9.17) is 0 Å². The van der Waals surface area contributed by atoms with E-state index in [1.807, 2.05) is 0 Å². The van der Waals surface area contributed by atoms with Crippen molar-refractivity contribution < 1.29 is 5.11 Å². The van der Waals surface area contributed by atoms with Crippen LogP contribution in [0, 0.1) is 17.8 Å². The summed E-state index contributed by atoms with van der Waals surface area (Å²) in [6.45, 7) is 4.65. The number of hydrogen-bond donors (Lipinski definition) is 1. The minimum absolute atomic E-state index is 0.316. The molecule has 1 heteroatoms. The largest absolute Gasteiger partial charge is 0.388 e. The summed E-state index contributed by atoms with van der Waals surface area (Å²) in [6, 6.07) is 14.7. The molecule has 0 heterocycles. The van der Waals surface area contributed by atoms with Crippen molar-refractivity contribution in [3.8, 4) is 0 Å². The molecule has 1 fully saturated rings. The zero-order valence-corrected chi connectivity index (χ0v) is 13.1. The van der Waals surface area contributed by atoms with Crippen molar-refractivity contribution in [2.45, 2.75) is 45.6 Å². The Hall–Kier alpha value is -1.34. The molecule has 1 aliphatic rings. The van der Waals surface area contributed by atoms with Crippen LogP contribution in [0.4, 0.5) is 0 Å². The van der Waals surface area contributed by atoms with Crippen LogP contribution in [-0.2, 0) is 0 Å². The van der Waals surface area contributed by atoms with Gasteiger partial charge in [0.2, 0.25) is 0 Å². The molecule has 2 aromatic rings. The average Bonchev–Trinajstić information content (AvgIpc) is 2.53. The second kappa shape index (κ2) is 6.19. The molecule has 0 radical (unpaired) electrons. The molecule has 0 amide bonds. The summed E-state index contributed by atoms with van der Waals surface area (Å²) in [6.07, 6.45) is 4.54. The SMILES string of the molecule is CC(C)C1CCC(C(O)c2cccc3ccccc23)CC1. The summed E-state index contributed by atoms with van der Waals surface area (Å²) in [5, 5.41) is 13.3. The number of hydrogen-bond acceptors (Lipinski definition) is 1. The molecule has 3 rings (SSSR count). The first-order valence-corrected chi connectivity index (χ1v) is 8.32. The maximum absolute atomic E-state index is 10.9. The average molecular weight is 282 g/mol. The van der Waals surface area contributed by atoms with Crippen molar-refractivity contribution in [1.82, 2.24) is 0 Å². The van der Waals surface area contributed by atoms with Crippen molar-refractivity contribution >= 4 is 10.8 Å². The first kappa shape index (κ1) is 14.6. The van der Waals surface area contributed by atoms with Gasteiger partial charge in [0.15, 0.2) is 0 Å². The maximum Gasteiger partial charge on any atom is 0.0824 e. The van der Waals surface area contributed by atoms with E-state index >= 15 is 0 Å². The molecule has 1 N–H and O–H groups in total. The van der Waals surface area contributed by atoms with E-state index in [2.05, 4.69) is 56.3 Å². The fourth-order valence-corrected chi connectivity index (χ4v) is 3.89. The predicted molar refractivity (Wildman–Crippen MR) is 89.2 cm³/mol. The van der Waals surface area contributed by atoms with Crippen LogP contribution < -0.4 is 0 Å². The van der Waals surface area contributed by atoms with Gasteiger partial charge >= 0.3 is 0 Å². The summed E-state index contributed by atoms with van der Waals surface area (Å²) < 4.78 is 0. The third kappa shape index (κ3) is 2.98. The molecule has 1 unspecified atom stereocenters. The van der Waals surface area contributed by atoms with Gasteiger partial charge in [-0.2, -0.15) is 0 Å². The standard InChI is InChI=1S/C20H26O/c1-14(2)15-10-12-17(13-11-15)20(21)19-9-5-7-16-6-3-4-8-18(16)19/h3-9,14-15,17,20-21H,10-13H2,1-2H3. The zero-order chi connectivity index (χ0) is 14.8. The normalized spacial score (nSPS) is 24.4. The third-order valence-electron chi connectivity index (χ3n) is 5.35. The monoisotopic (exact) mass is 282 g/mol. The summed E-state index contributed by atoms with van der Waals surface area (Å²) in [4.78, 5) is 0. The van der Waals surface area contributed by atoms with Crippen LogP contribution in [0.15, 0.2) is 42.5 Å². The lowest BCUT2D eigenvalue weighted by atomic mass is 9.74. The maximum atomic E-state index is 10.9. The van der Waals surface area contributed by atoms with Gasteiger partial charge in [-0.15, -0.1) is 0 Å². The molecule has 0 bridgehead atoms. The number of benzene rings is 2. The molecule has 1 atom stereocenters. The molecule has 0 spiro atoms. The molecule has 112 valence electrons. The summed E-state index contributed by atoms with van der Waals surface area (Å²) in [5.74, 6) is 2.05. The van der Waals surface area contributed by atoms with Crippen LogP contribution in [0.25, 0.3) is 10.8 Å². The highest BCUT2D eigenvalue weighted by atomic mass is 16.3. The van der Waals surface area contributed by atoms with Crippen LogP contribution >= 0.6 is 0 Å². The van der Waals surface area contributed by atoms with Gasteiger partial charge in [0, 0.05) is 0 Å². The van der Waals surface area contributed by atoms with Gasteiger partial charge in [0.25, 0.3) is 0 Å². The smallest absolute Gasteiger partial charge is 0.0824 e. The predicted octanol–water partition coefficient (Wildman–Crippen LogP) is 5.34. The fourth-order valence-electron chi connectivity index (χ4n) is 3.89. The van der Waals surface area contributed by atoms with Crippen molar-refractivity contribution in [2.75, 3.05) is 0 Å². The molecule has 1 aliphatic carbocycles. The first-order chi connectivity index (χ1) is 10.2. The number of fused-ring (bicyclic) bond motifs is 1. The zero-order valence-electron chi connectivity index (χ0n) is 13.1. The second-order valence-corrected chi connectivity index (χ2v) is 6.93. The van der Waals surface area contributed by atoms with Crippen LogP contribution in [0.1, 0.15) is 51.2 Å². The number of aliphatic hydroxyl groups is 1. The van der Waals surface area contributed by atoms with Gasteiger partial charge in [-0.1, -0.05) is 56.3 Å². The highest BCUT2D eigenvalue weighted by Crippen LogP contribution is 2.40. The topological polar surface area (TPSA) is 20.2 Å². The fraction of sp³-hybridized carbons (Fsp3) is 0.500. The van der Waals surface area contributed by atoms with Gasteiger partial charge < -0.3 is 5.11 Å². The Balaban J connectivity index is 1.80. The van der Waals surface area contributed by atoms with Crippen molar-refractivity contribution in [1.29, 1.82) is 0 Å². The van der Waals surface area contributed by atoms with Gasteiger partial charge in [0.1, 0.15) is 0 Å². The van der Waals surface area contributed by atoms with E-state index in [0.29, 0.717) is 5.92 Å². The Morgan fingerprint density at radius 2 is 1.48 bits per heavy atom. The van der Waals surface area contributed by atoms with E-state index in [1.165, 1.54) is 23.6 Å². The molecule has 2 aromatic carbocycles. The van der Waals surface area contributed by atoms with Crippen LogP contribution in [0.2, 0.25) is 0 Å². The Morgan fingerprint density at radius 1 is 0.857 bits per heavy atom. The molecular weight excluding hydrogens is 256 g/mol. The molecular formula is C20H26O. The quantitative estimate of drug-likeness (QED) is 0.806. The van der Waals surface area contributed by atoms with E-state index < -0.39 is 0 Å². The van der Waals surface area contributed by atoms with Gasteiger partial charge in [-0.3, -0.25) is 0 Å². The van der Waals surface area contributed by atoms with Gasteiger partial charge in [-0.05, 0) is 59.8 Å². The molecule has 0 aromatic heterocycles. The highest BCUT2D eigenvalue weighted by Gasteiger charge is 2.29. The molecule has 0 aliphatic heterocycles. The van der Waals surface area contributed by atoms with E-state index in [9.17, 15) is 5.11 Å². The lowest BCUT2D eigenvalue weighted by Gasteiger charge is -2.33. The highest BCUT2D eigenvalue weighted by molar-refractivity contribution is 5.85. The summed E-state index contributed by atoms with van der Waals surface area (Å²) in [5.41, 5.74) is 1.11. The van der Waals surface area contributed by atoms with E-state index in [-0.39, 0.29) is 6.10 Å². The van der Waals surface area contributed by atoms with Crippen molar-refractivity contribution in [2.24, 2.45) is 17.8 Å². The number of aliphatic hydroxyl groups excluding tert-OH is 1. The third-order valence-corrected chi connectivity index (χ3v) is 5.35. The second-order valence-electron chi connectivity index (χ2n) is 6.93. The molecule has 0 saturated heterocycles. The van der Waals surface area contributed by atoms with E-state index in [1.54, 1.807) is 0 Å². The van der Waals surface area contributed by atoms with Crippen molar-refractivity contribution in [3.63, 3.8) is 0 Å². The molecule has 21 heavy (non-hydrogen) atoms. The summed E-state index contributed by atoms with van der Waals surface area (Å²) in [7, 11) is 0. The lowest BCUT2D eigenvalue weighted by Crippen LogP contribution is -2.23.